The fourth-order valence-electron chi connectivity index (χ4n) is 3.61. The van der Waals surface area contributed by atoms with Crippen molar-refractivity contribution in [1.82, 2.24) is 9.47 Å². The molecule has 0 saturated heterocycles. The number of aromatic nitrogens is 1. The van der Waals surface area contributed by atoms with Crippen molar-refractivity contribution in [3.8, 4) is 5.69 Å². The second-order valence-corrected chi connectivity index (χ2v) is 6.54. The minimum atomic E-state index is 0.897. The predicted molar refractivity (Wildman–Crippen MR) is 93.7 cm³/mol. The normalized spacial score (nSPS) is 14.3. The third kappa shape index (κ3) is 2.31. The fourth-order valence-corrected chi connectivity index (χ4v) is 3.61. The number of nitrogens with zero attached hydrogens (tertiary/aromatic N) is 3. The van der Waals surface area contributed by atoms with E-state index in [1.54, 1.807) is 0 Å². The maximum Gasteiger partial charge on any atom is 0.121 e. The van der Waals surface area contributed by atoms with Gasteiger partial charge in [0.25, 0.3) is 0 Å². The number of hydrogen-bond acceptors (Lipinski definition) is 2. The average Bonchev–Trinajstić information content (AvgIpc) is 2.93. The molecule has 0 fully saturated rings. The summed E-state index contributed by atoms with van der Waals surface area (Å²) >= 11 is 0. The summed E-state index contributed by atoms with van der Waals surface area (Å²) < 4.78 is 2.41. The third-order valence-corrected chi connectivity index (χ3v) is 4.35. The summed E-state index contributed by atoms with van der Waals surface area (Å²) in [6, 6.07) is 6.82. The molecule has 0 unspecified atom stereocenters. The summed E-state index contributed by atoms with van der Waals surface area (Å²) in [5.41, 5.74) is 7.89. The van der Waals surface area contributed by atoms with Crippen molar-refractivity contribution < 1.29 is 0 Å². The van der Waals surface area contributed by atoms with Crippen LogP contribution in [0.2, 0.25) is 0 Å². The first-order valence-electron chi connectivity index (χ1n) is 7.81. The Morgan fingerprint density at radius 1 is 0.818 bits per heavy atom. The lowest BCUT2D eigenvalue weighted by molar-refractivity contribution is 0.493. The molecular weight excluding hydrogens is 270 g/mol. The van der Waals surface area contributed by atoms with Crippen molar-refractivity contribution in [2.75, 3.05) is 18.6 Å². The second kappa shape index (κ2) is 5.24. The van der Waals surface area contributed by atoms with Gasteiger partial charge in [0, 0.05) is 25.1 Å². The quantitative estimate of drug-likeness (QED) is 0.822. The van der Waals surface area contributed by atoms with Gasteiger partial charge in [-0.15, -0.1) is 0 Å². The summed E-state index contributed by atoms with van der Waals surface area (Å²) in [7, 11) is 2.11. The first kappa shape index (κ1) is 14.8. The lowest BCUT2D eigenvalue weighted by Crippen LogP contribution is -2.24. The van der Waals surface area contributed by atoms with Gasteiger partial charge in [-0.05, 0) is 57.4 Å². The van der Waals surface area contributed by atoms with Crippen LogP contribution in [0.15, 0.2) is 30.6 Å². The maximum absolute atomic E-state index is 2.41. The number of aryl methyl sites for hydroxylation is 5. The lowest BCUT2D eigenvalue weighted by Gasteiger charge is -2.24. The lowest BCUT2D eigenvalue weighted by atomic mass is 10.0. The van der Waals surface area contributed by atoms with Crippen LogP contribution >= 0.6 is 0 Å². The Morgan fingerprint density at radius 3 is 2.00 bits per heavy atom. The number of benzene rings is 1. The first-order valence-corrected chi connectivity index (χ1v) is 7.81. The molecule has 2 aromatic rings. The molecule has 1 aliphatic rings. The Hall–Kier alpha value is -2.16. The highest BCUT2D eigenvalue weighted by molar-refractivity contribution is 5.63. The minimum Gasteiger partial charge on any atom is -0.361 e. The van der Waals surface area contributed by atoms with Gasteiger partial charge in [0.05, 0.1) is 12.4 Å². The molecule has 2 heterocycles. The summed E-state index contributed by atoms with van der Waals surface area (Å²) in [6.45, 7) is 11.9. The Labute approximate surface area is 133 Å². The molecule has 1 aromatic carbocycles. The monoisotopic (exact) mass is 295 g/mol. The molecule has 0 aliphatic carbocycles. The van der Waals surface area contributed by atoms with Crippen LogP contribution in [0.4, 0.5) is 5.82 Å². The van der Waals surface area contributed by atoms with Gasteiger partial charge >= 0.3 is 0 Å². The van der Waals surface area contributed by atoms with Gasteiger partial charge in [-0.25, -0.2) is 0 Å². The SMILES string of the molecule is Cc1cc(C)c(-n2c(C)cc(C)c2N2C=CN(C)C2)c(C)c1. The first-order chi connectivity index (χ1) is 10.4. The van der Waals surface area contributed by atoms with Gasteiger partial charge < -0.3 is 9.80 Å². The molecule has 0 amide bonds. The molecule has 0 spiro atoms. The van der Waals surface area contributed by atoms with Crippen LogP contribution in [0.25, 0.3) is 5.69 Å². The van der Waals surface area contributed by atoms with E-state index in [0.717, 1.165) is 6.67 Å². The summed E-state index contributed by atoms with van der Waals surface area (Å²) in [5, 5.41) is 0. The largest absolute Gasteiger partial charge is 0.361 e. The standard InChI is InChI=1S/C19H25N3/c1-13-9-14(2)18(15(3)10-13)22-17(5)11-16(4)19(22)21-8-7-20(6)12-21/h7-11H,12H2,1-6H3. The summed E-state index contributed by atoms with van der Waals surface area (Å²) in [5.74, 6) is 1.27. The zero-order valence-corrected chi connectivity index (χ0v) is 14.4. The van der Waals surface area contributed by atoms with E-state index in [9.17, 15) is 0 Å². The zero-order chi connectivity index (χ0) is 16.0. The van der Waals surface area contributed by atoms with Crippen LogP contribution in [-0.2, 0) is 0 Å². The topological polar surface area (TPSA) is 11.4 Å². The number of anilines is 1. The highest BCUT2D eigenvalue weighted by Crippen LogP contribution is 2.33. The van der Waals surface area contributed by atoms with Crippen molar-refractivity contribution in [3.05, 3.63) is 58.5 Å². The van der Waals surface area contributed by atoms with E-state index < -0.39 is 0 Å². The molecule has 0 N–H and O–H groups in total. The van der Waals surface area contributed by atoms with E-state index in [1.807, 2.05) is 0 Å². The molecule has 0 bridgehead atoms. The molecule has 0 atom stereocenters. The zero-order valence-electron chi connectivity index (χ0n) is 14.4. The van der Waals surface area contributed by atoms with Gasteiger partial charge in [-0.3, -0.25) is 4.57 Å². The minimum absolute atomic E-state index is 0.897. The summed E-state index contributed by atoms with van der Waals surface area (Å²) in [6.07, 6.45) is 4.29. The second-order valence-electron chi connectivity index (χ2n) is 6.54. The molecule has 1 aliphatic heterocycles. The summed E-state index contributed by atoms with van der Waals surface area (Å²) in [4.78, 5) is 4.52. The molecule has 3 rings (SSSR count). The Kier molecular flexibility index (Phi) is 3.51. The van der Waals surface area contributed by atoms with E-state index in [2.05, 4.69) is 86.6 Å². The van der Waals surface area contributed by atoms with Gasteiger partial charge in [-0.1, -0.05) is 17.7 Å². The molecule has 3 heteroatoms. The maximum atomic E-state index is 2.41. The van der Waals surface area contributed by atoms with Crippen LogP contribution in [0.1, 0.15) is 27.9 Å². The van der Waals surface area contributed by atoms with E-state index >= 15 is 0 Å². The van der Waals surface area contributed by atoms with Crippen LogP contribution in [0.5, 0.6) is 0 Å². The van der Waals surface area contributed by atoms with Crippen LogP contribution in [0.3, 0.4) is 0 Å². The Balaban J connectivity index is 2.22. The fraction of sp³-hybridized carbons (Fsp3) is 0.368. The van der Waals surface area contributed by atoms with E-state index in [-0.39, 0.29) is 0 Å². The van der Waals surface area contributed by atoms with Gasteiger partial charge in [0.2, 0.25) is 0 Å². The van der Waals surface area contributed by atoms with E-state index in [4.69, 9.17) is 0 Å². The van der Waals surface area contributed by atoms with Crippen LogP contribution < -0.4 is 4.90 Å². The molecule has 0 saturated carbocycles. The Bertz CT molecular complexity index is 729. The number of hydrogen-bond donors (Lipinski definition) is 0. The van der Waals surface area contributed by atoms with E-state index in [0.29, 0.717) is 0 Å². The molecule has 116 valence electrons. The molecule has 0 radical (unpaired) electrons. The highest BCUT2D eigenvalue weighted by Gasteiger charge is 2.21. The highest BCUT2D eigenvalue weighted by atomic mass is 15.4. The number of rotatable bonds is 2. The average molecular weight is 295 g/mol. The third-order valence-electron chi connectivity index (χ3n) is 4.35. The molecular formula is C19H25N3. The van der Waals surface area contributed by atoms with Gasteiger partial charge in [-0.2, -0.15) is 0 Å². The van der Waals surface area contributed by atoms with Crippen molar-refractivity contribution in [1.29, 1.82) is 0 Å². The van der Waals surface area contributed by atoms with E-state index in [1.165, 1.54) is 39.5 Å². The molecule has 22 heavy (non-hydrogen) atoms. The molecule has 1 aromatic heterocycles. The van der Waals surface area contributed by atoms with Gasteiger partial charge in [0.15, 0.2) is 0 Å². The van der Waals surface area contributed by atoms with Crippen molar-refractivity contribution in [2.24, 2.45) is 0 Å². The van der Waals surface area contributed by atoms with Crippen molar-refractivity contribution in [3.63, 3.8) is 0 Å². The van der Waals surface area contributed by atoms with Crippen molar-refractivity contribution >= 4 is 5.82 Å². The van der Waals surface area contributed by atoms with Crippen molar-refractivity contribution in [2.45, 2.75) is 34.6 Å². The van der Waals surface area contributed by atoms with Gasteiger partial charge in [0.1, 0.15) is 5.82 Å². The molecule has 3 nitrogen and oxygen atoms in total. The Morgan fingerprint density at radius 2 is 1.45 bits per heavy atom. The predicted octanol–water partition coefficient (Wildman–Crippen LogP) is 4.20. The smallest absolute Gasteiger partial charge is 0.121 e. The van der Waals surface area contributed by atoms with Crippen LogP contribution in [0, 0.1) is 34.6 Å². The van der Waals surface area contributed by atoms with Crippen LogP contribution in [-0.4, -0.2) is 23.2 Å².